The quantitative estimate of drug-likeness (QED) is 0.741. The highest BCUT2D eigenvalue weighted by Crippen LogP contribution is 2.07. The van der Waals surface area contributed by atoms with Crippen molar-refractivity contribution in [3.63, 3.8) is 0 Å². The number of likely N-dealkylation sites (N-methyl/N-ethyl adjacent to an activating group) is 1. The molecule has 0 bridgehead atoms. The van der Waals surface area contributed by atoms with E-state index in [2.05, 4.69) is 33.7 Å². The van der Waals surface area contributed by atoms with Crippen molar-refractivity contribution in [3.8, 4) is 0 Å². The zero-order chi connectivity index (χ0) is 12.7. The van der Waals surface area contributed by atoms with Crippen molar-refractivity contribution in [2.24, 2.45) is 0 Å². The molecule has 5 nitrogen and oxygen atoms in total. The van der Waals surface area contributed by atoms with Crippen LogP contribution in [0.5, 0.6) is 0 Å². The summed E-state index contributed by atoms with van der Waals surface area (Å²) < 4.78 is 7.19. The van der Waals surface area contributed by atoms with Crippen LogP contribution in [0.4, 0.5) is 5.95 Å². The molecule has 1 aromatic rings. The van der Waals surface area contributed by atoms with E-state index < -0.39 is 0 Å². The molecule has 0 saturated heterocycles. The van der Waals surface area contributed by atoms with E-state index in [-0.39, 0.29) is 0 Å². The lowest BCUT2D eigenvalue weighted by atomic mass is 10.5. The first-order valence-electron chi connectivity index (χ1n) is 6.12. The molecule has 0 aliphatic heterocycles. The smallest absolute Gasteiger partial charge is 0.203 e. The van der Waals surface area contributed by atoms with Gasteiger partial charge in [-0.2, -0.15) is 0 Å². The number of hydrogen-bond acceptors (Lipinski definition) is 4. The van der Waals surface area contributed by atoms with Gasteiger partial charge in [-0.3, -0.25) is 0 Å². The van der Waals surface area contributed by atoms with Gasteiger partial charge < -0.3 is 19.5 Å². The van der Waals surface area contributed by atoms with Gasteiger partial charge in [0.15, 0.2) is 0 Å². The molecule has 98 valence electrons. The fourth-order valence-electron chi connectivity index (χ4n) is 1.56. The average molecular weight is 240 g/mol. The molecular weight excluding hydrogens is 216 g/mol. The monoisotopic (exact) mass is 240 g/mol. The number of aryl methyl sites for hydroxylation is 1. The van der Waals surface area contributed by atoms with Crippen LogP contribution in [0.3, 0.4) is 0 Å². The van der Waals surface area contributed by atoms with Gasteiger partial charge in [0.1, 0.15) is 0 Å². The number of nitrogens with one attached hydrogen (secondary N) is 1. The number of ether oxygens (including phenoxy) is 1. The van der Waals surface area contributed by atoms with Crippen molar-refractivity contribution in [2.45, 2.75) is 20.4 Å². The summed E-state index contributed by atoms with van der Waals surface area (Å²) in [6.07, 6.45) is 2.05. The summed E-state index contributed by atoms with van der Waals surface area (Å²) in [5, 5.41) is 3.36. The summed E-state index contributed by atoms with van der Waals surface area (Å²) in [6.45, 7) is 8.71. The third-order valence-corrected chi connectivity index (χ3v) is 2.75. The Morgan fingerprint density at radius 2 is 2.29 bits per heavy atom. The van der Waals surface area contributed by atoms with Gasteiger partial charge in [-0.05, 0) is 20.5 Å². The molecule has 0 fully saturated rings. The highest BCUT2D eigenvalue weighted by atomic mass is 16.5. The molecule has 0 radical (unpaired) electrons. The first-order chi connectivity index (χ1) is 8.17. The molecule has 1 aromatic heterocycles. The summed E-state index contributed by atoms with van der Waals surface area (Å²) in [4.78, 5) is 6.73. The maximum absolute atomic E-state index is 5.09. The number of anilines is 1. The van der Waals surface area contributed by atoms with Gasteiger partial charge in [0, 0.05) is 32.9 Å². The summed E-state index contributed by atoms with van der Waals surface area (Å²) in [5.41, 5.74) is 1.03. The second-order valence-corrected chi connectivity index (χ2v) is 4.21. The van der Waals surface area contributed by atoms with Gasteiger partial charge in [0.2, 0.25) is 5.95 Å². The lowest BCUT2D eigenvalue weighted by molar-refractivity contribution is 0.187. The highest BCUT2D eigenvalue weighted by Gasteiger charge is 2.04. The Hall–Kier alpha value is -1.07. The zero-order valence-electron chi connectivity index (χ0n) is 11.4. The fourth-order valence-corrected chi connectivity index (χ4v) is 1.56. The topological polar surface area (TPSA) is 42.3 Å². The Bertz CT molecular complexity index is 324. The Morgan fingerprint density at radius 1 is 1.53 bits per heavy atom. The van der Waals surface area contributed by atoms with E-state index >= 15 is 0 Å². The van der Waals surface area contributed by atoms with Gasteiger partial charge in [-0.15, -0.1) is 0 Å². The summed E-state index contributed by atoms with van der Waals surface area (Å²) in [5.74, 6) is 0.934. The zero-order valence-corrected chi connectivity index (χ0v) is 11.4. The van der Waals surface area contributed by atoms with Crippen molar-refractivity contribution in [3.05, 3.63) is 11.9 Å². The van der Waals surface area contributed by atoms with E-state index in [1.807, 2.05) is 13.1 Å². The number of imidazole rings is 1. The number of methoxy groups -OCH3 is 1. The van der Waals surface area contributed by atoms with Gasteiger partial charge in [-0.1, -0.05) is 6.92 Å². The lowest BCUT2D eigenvalue weighted by Crippen LogP contribution is -2.25. The second-order valence-electron chi connectivity index (χ2n) is 4.21. The van der Waals surface area contributed by atoms with E-state index in [1.54, 1.807) is 7.11 Å². The first-order valence-corrected chi connectivity index (χ1v) is 6.12. The minimum absolute atomic E-state index is 0.708. The average Bonchev–Trinajstić information content (AvgIpc) is 2.67. The molecular formula is C12H24N4O. The largest absolute Gasteiger partial charge is 0.383 e. The van der Waals surface area contributed by atoms with Crippen molar-refractivity contribution in [2.75, 3.05) is 45.7 Å². The third kappa shape index (κ3) is 4.75. The Labute approximate surface area is 104 Å². The summed E-state index contributed by atoms with van der Waals surface area (Å²) in [6, 6.07) is 0. The van der Waals surface area contributed by atoms with Crippen LogP contribution in [-0.4, -0.2) is 54.8 Å². The van der Waals surface area contributed by atoms with Crippen LogP contribution in [-0.2, 0) is 11.3 Å². The minimum Gasteiger partial charge on any atom is -0.383 e. The predicted molar refractivity (Wildman–Crippen MR) is 70.5 cm³/mol. The van der Waals surface area contributed by atoms with Gasteiger partial charge in [-0.25, -0.2) is 4.98 Å². The molecule has 0 aliphatic rings. The van der Waals surface area contributed by atoms with E-state index in [0.29, 0.717) is 6.61 Å². The van der Waals surface area contributed by atoms with E-state index in [9.17, 15) is 0 Å². The van der Waals surface area contributed by atoms with E-state index in [4.69, 9.17) is 4.74 Å². The van der Waals surface area contributed by atoms with E-state index in [1.165, 1.54) is 0 Å². The molecule has 5 heteroatoms. The fraction of sp³-hybridized carbons (Fsp3) is 0.750. The van der Waals surface area contributed by atoms with Crippen LogP contribution >= 0.6 is 0 Å². The van der Waals surface area contributed by atoms with Crippen molar-refractivity contribution >= 4 is 5.95 Å². The minimum atomic E-state index is 0.708. The SMILES string of the molecule is CCN(C)CCNc1nc(C)cn1CCOC. The van der Waals surface area contributed by atoms with Crippen LogP contribution < -0.4 is 5.32 Å². The maximum Gasteiger partial charge on any atom is 0.203 e. The molecule has 0 unspecified atom stereocenters. The molecule has 1 N–H and O–H groups in total. The van der Waals surface area contributed by atoms with Gasteiger partial charge in [0.05, 0.1) is 12.3 Å². The molecule has 1 heterocycles. The second kappa shape index (κ2) is 7.29. The lowest BCUT2D eigenvalue weighted by Gasteiger charge is -2.15. The number of nitrogens with zero attached hydrogens (tertiary/aromatic N) is 3. The van der Waals surface area contributed by atoms with Crippen LogP contribution in [0.15, 0.2) is 6.20 Å². The molecule has 0 saturated carbocycles. The van der Waals surface area contributed by atoms with Gasteiger partial charge in [0.25, 0.3) is 0 Å². The molecule has 1 rings (SSSR count). The van der Waals surface area contributed by atoms with Crippen LogP contribution in [0.2, 0.25) is 0 Å². The van der Waals surface area contributed by atoms with Crippen LogP contribution in [0.1, 0.15) is 12.6 Å². The third-order valence-electron chi connectivity index (χ3n) is 2.75. The normalized spacial score (nSPS) is 11.1. The number of aromatic nitrogens is 2. The maximum atomic E-state index is 5.09. The molecule has 0 aromatic carbocycles. The first kappa shape index (κ1) is 14.0. The van der Waals surface area contributed by atoms with Crippen LogP contribution in [0.25, 0.3) is 0 Å². The molecule has 0 aliphatic carbocycles. The highest BCUT2D eigenvalue weighted by molar-refractivity contribution is 5.28. The van der Waals surface area contributed by atoms with Gasteiger partial charge >= 0.3 is 0 Å². The predicted octanol–water partition coefficient (Wildman–Crippen LogP) is 1.20. The van der Waals surface area contributed by atoms with E-state index in [0.717, 1.165) is 37.8 Å². The summed E-state index contributed by atoms with van der Waals surface area (Å²) >= 11 is 0. The Balaban J connectivity index is 2.45. The molecule has 17 heavy (non-hydrogen) atoms. The Morgan fingerprint density at radius 3 is 2.94 bits per heavy atom. The standard InChI is InChI=1S/C12H24N4O/c1-5-15(3)7-6-13-12-14-11(2)10-16(12)8-9-17-4/h10H,5-9H2,1-4H3,(H,13,14). The van der Waals surface area contributed by atoms with Crippen molar-refractivity contribution in [1.29, 1.82) is 0 Å². The Kier molecular flexibility index (Phi) is 6.00. The van der Waals surface area contributed by atoms with Crippen LogP contribution in [0, 0.1) is 6.92 Å². The number of rotatable bonds is 8. The number of hydrogen-bond donors (Lipinski definition) is 1. The molecule has 0 atom stereocenters. The van der Waals surface area contributed by atoms with Crippen molar-refractivity contribution in [1.82, 2.24) is 14.5 Å². The molecule has 0 amide bonds. The molecule has 0 spiro atoms. The summed E-state index contributed by atoms with van der Waals surface area (Å²) in [7, 11) is 3.83. The van der Waals surface area contributed by atoms with Crippen molar-refractivity contribution < 1.29 is 4.74 Å².